The van der Waals surface area contributed by atoms with E-state index in [4.69, 9.17) is 0 Å². The molecular formula is C11H15ClF3N5. The van der Waals surface area contributed by atoms with Crippen molar-refractivity contribution in [2.24, 2.45) is 7.05 Å². The molecule has 0 atom stereocenters. The molecular weight excluding hydrogens is 295 g/mol. The third-order valence-corrected chi connectivity index (χ3v) is 2.67. The van der Waals surface area contributed by atoms with Crippen molar-refractivity contribution in [1.82, 2.24) is 24.9 Å². The van der Waals surface area contributed by atoms with E-state index in [1.54, 1.807) is 16.9 Å². The van der Waals surface area contributed by atoms with Crippen molar-refractivity contribution < 1.29 is 13.2 Å². The smallest absolute Gasteiger partial charge is 0.306 e. The largest absolute Gasteiger partial charge is 0.408 e. The Hall–Kier alpha value is -1.54. The predicted octanol–water partition coefficient (Wildman–Crippen LogP) is 1.89. The van der Waals surface area contributed by atoms with E-state index in [1.165, 1.54) is 6.20 Å². The highest BCUT2D eigenvalue weighted by Crippen LogP contribution is 2.17. The highest BCUT2D eigenvalue weighted by molar-refractivity contribution is 5.85. The molecule has 0 aliphatic rings. The number of rotatable bonds is 5. The van der Waals surface area contributed by atoms with Gasteiger partial charge in [0.15, 0.2) is 0 Å². The highest BCUT2D eigenvalue weighted by atomic mass is 35.5. The molecule has 5 nitrogen and oxygen atoms in total. The Kier molecular flexibility index (Phi) is 5.58. The molecule has 0 saturated carbocycles. The summed E-state index contributed by atoms with van der Waals surface area (Å²) in [6, 6.07) is 3.42. The fourth-order valence-electron chi connectivity index (χ4n) is 1.72. The van der Waals surface area contributed by atoms with Crippen LogP contribution in [-0.2, 0) is 26.7 Å². The second kappa shape index (κ2) is 6.76. The maximum absolute atomic E-state index is 12.3. The zero-order valence-corrected chi connectivity index (χ0v) is 11.6. The quantitative estimate of drug-likeness (QED) is 0.917. The van der Waals surface area contributed by atoms with Gasteiger partial charge in [-0.2, -0.15) is 23.4 Å². The molecule has 2 heterocycles. The van der Waals surface area contributed by atoms with Crippen molar-refractivity contribution in [2.75, 3.05) is 0 Å². The summed E-state index contributed by atoms with van der Waals surface area (Å²) in [5.74, 6) is 0. The van der Waals surface area contributed by atoms with E-state index in [9.17, 15) is 13.2 Å². The van der Waals surface area contributed by atoms with E-state index in [1.807, 2.05) is 13.1 Å². The van der Waals surface area contributed by atoms with Crippen LogP contribution in [0.5, 0.6) is 0 Å². The monoisotopic (exact) mass is 309 g/mol. The number of hydrogen-bond acceptors (Lipinski definition) is 3. The number of alkyl halides is 3. The molecule has 2 aromatic rings. The summed E-state index contributed by atoms with van der Waals surface area (Å²) in [4.78, 5) is 0. The number of nitrogens with zero attached hydrogens (tertiary/aromatic N) is 4. The number of halogens is 4. The topological polar surface area (TPSA) is 47.7 Å². The summed E-state index contributed by atoms with van der Waals surface area (Å²) < 4.78 is 39.6. The molecule has 112 valence electrons. The summed E-state index contributed by atoms with van der Waals surface area (Å²) in [5, 5.41) is 10.8. The first-order chi connectivity index (χ1) is 8.96. The van der Waals surface area contributed by atoms with Gasteiger partial charge in [0.2, 0.25) is 0 Å². The number of nitrogens with one attached hydrogen (secondary N) is 1. The fourth-order valence-corrected chi connectivity index (χ4v) is 1.72. The highest BCUT2D eigenvalue weighted by Gasteiger charge is 2.29. The van der Waals surface area contributed by atoms with Crippen LogP contribution in [0, 0.1) is 0 Å². The van der Waals surface area contributed by atoms with Crippen molar-refractivity contribution in [3.63, 3.8) is 0 Å². The van der Waals surface area contributed by atoms with Crippen LogP contribution in [0.3, 0.4) is 0 Å². The molecule has 0 bridgehead atoms. The lowest BCUT2D eigenvalue weighted by Gasteiger charge is -2.11. The minimum atomic E-state index is -4.26. The van der Waals surface area contributed by atoms with Gasteiger partial charge < -0.3 is 5.32 Å². The molecule has 0 unspecified atom stereocenters. The Bertz CT molecular complexity index is 534. The Morgan fingerprint density at radius 3 is 2.30 bits per heavy atom. The fraction of sp³-hybridized carbons (Fsp3) is 0.455. The summed E-state index contributed by atoms with van der Waals surface area (Å²) in [5.41, 5.74) is 1.46. The standard InChI is InChI=1S/C11H14F3N5.ClH/c1-18-9(2-4-16-18)6-15-7-10-3-5-17-19(10)8-11(12,13)14;/h2-5,15H,6-8H2,1H3;1H. The van der Waals surface area contributed by atoms with E-state index in [0.717, 1.165) is 10.4 Å². The molecule has 0 spiro atoms. The Morgan fingerprint density at radius 1 is 1.10 bits per heavy atom. The first kappa shape index (κ1) is 16.5. The second-order valence-electron chi connectivity index (χ2n) is 4.15. The van der Waals surface area contributed by atoms with Gasteiger partial charge in [0.25, 0.3) is 0 Å². The van der Waals surface area contributed by atoms with Crippen LogP contribution < -0.4 is 5.32 Å². The Balaban J connectivity index is 0.00000200. The third kappa shape index (κ3) is 4.53. The molecule has 2 aromatic heterocycles. The van der Waals surface area contributed by atoms with Crippen LogP contribution >= 0.6 is 12.4 Å². The second-order valence-corrected chi connectivity index (χ2v) is 4.15. The van der Waals surface area contributed by atoms with Crippen molar-refractivity contribution in [1.29, 1.82) is 0 Å². The molecule has 0 aliphatic carbocycles. The van der Waals surface area contributed by atoms with Gasteiger partial charge in [-0.3, -0.25) is 9.36 Å². The van der Waals surface area contributed by atoms with E-state index in [-0.39, 0.29) is 12.4 Å². The number of aromatic nitrogens is 4. The van der Waals surface area contributed by atoms with Crippen molar-refractivity contribution in [3.05, 3.63) is 35.9 Å². The lowest BCUT2D eigenvalue weighted by atomic mass is 10.3. The van der Waals surface area contributed by atoms with Crippen molar-refractivity contribution >= 4 is 12.4 Å². The maximum Gasteiger partial charge on any atom is 0.408 e. The summed E-state index contributed by atoms with van der Waals surface area (Å²) in [6.45, 7) is -0.211. The lowest BCUT2D eigenvalue weighted by Crippen LogP contribution is -2.23. The van der Waals surface area contributed by atoms with Gasteiger partial charge in [-0.25, -0.2) is 0 Å². The van der Waals surface area contributed by atoms with Gasteiger partial charge >= 0.3 is 6.18 Å². The van der Waals surface area contributed by atoms with Gasteiger partial charge in [-0.1, -0.05) is 0 Å². The summed E-state index contributed by atoms with van der Waals surface area (Å²) in [7, 11) is 1.81. The molecule has 20 heavy (non-hydrogen) atoms. The Labute approximate surface area is 120 Å². The van der Waals surface area contributed by atoms with Crippen LogP contribution in [0.2, 0.25) is 0 Å². The van der Waals surface area contributed by atoms with E-state index in [0.29, 0.717) is 18.8 Å². The van der Waals surface area contributed by atoms with Crippen LogP contribution in [0.15, 0.2) is 24.5 Å². The molecule has 0 radical (unpaired) electrons. The van der Waals surface area contributed by atoms with Crippen LogP contribution in [0.25, 0.3) is 0 Å². The number of aryl methyl sites for hydroxylation is 1. The predicted molar refractivity (Wildman–Crippen MR) is 69.3 cm³/mol. The zero-order chi connectivity index (χ0) is 13.9. The van der Waals surface area contributed by atoms with E-state index >= 15 is 0 Å². The molecule has 1 N–H and O–H groups in total. The molecule has 0 fully saturated rings. The third-order valence-electron chi connectivity index (χ3n) is 2.67. The zero-order valence-electron chi connectivity index (χ0n) is 10.8. The molecule has 2 rings (SSSR count). The lowest BCUT2D eigenvalue weighted by molar-refractivity contribution is -0.143. The first-order valence-corrected chi connectivity index (χ1v) is 5.71. The molecule has 0 amide bonds. The normalized spacial score (nSPS) is 11.4. The maximum atomic E-state index is 12.3. The van der Waals surface area contributed by atoms with Crippen LogP contribution in [0.4, 0.5) is 13.2 Å². The van der Waals surface area contributed by atoms with Crippen molar-refractivity contribution in [3.8, 4) is 0 Å². The molecule has 9 heteroatoms. The van der Waals surface area contributed by atoms with Gasteiger partial charge in [-0.05, 0) is 12.1 Å². The average molecular weight is 310 g/mol. The first-order valence-electron chi connectivity index (χ1n) is 5.71. The van der Waals surface area contributed by atoms with E-state index in [2.05, 4.69) is 15.5 Å². The van der Waals surface area contributed by atoms with Gasteiger partial charge in [0.05, 0.1) is 11.4 Å². The van der Waals surface area contributed by atoms with Crippen LogP contribution in [0.1, 0.15) is 11.4 Å². The minimum absolute atomic E-state index is 0. The SMILES string of the molecule is Cl.Cn1nccc1CNCc1ccnn1CC(F)(F)F. The average Bonchev–Trinajstić information content (AvgIpc) is 2.88. The minimum Gasteiger partial charge on any atom is -0.306 e. The van der Waals surface area contributed by atoms with Gasteiger partial charge in [0, 0.05) is 32.5 Å². The van der Waals surface area contributed by atoms with Gasteiger partial charge in [0.1, 0.15) is 6.54 Å². The Morgan fingerprint density at radius 2 is 1.70 bits per heavy atom. The molecule has 0 aromatic carbocycles. The van der Waals surface area contributed by atoms with Crippen molar-refractivity contribution in [2.45, 2.75) is 25.8 Å². The molecule has 0 saturated heterocycles. The van der Waals surface area contributed by atoms with Gasteiger partial charge in [-0.15, -0.1) is 12.4 Å². The van der Waals surface area contributed by atoms with E-state index < -0.39 is 12.7 Å². The van der Waals surface area contributed by atoms with Crippen LogP contribution in [-0.4, -0.2) is 25.7 Å². The number of hydrogen-bond donors (Lipinski definition) is 1. The molecule has 0 aliphatic heterocycles. The summed E-state index contributed by atoms with van der Waals surface area (Å²) >= 11 is 0. The summed E-state index contributed by atoms with van der Waals surface area (Å²) in [6.07, 6.45) is -1.22.